The number of aryl methyl sites for hydroxylation is 1. The van der Waals surface area contributed by atoms with Crippen molar-refractivity contribution in [1.82, 2.24) is 24.3 Å². The van der Waals surface area contributed by atoms with Crippen molar-refractivity contribution in [1.29, 1.82) is 0 Å². The van der Waals surface area contributed by atoms with E-state index in [1.165, 1.54) is 5.69 Å². The molecule has 0 atom stereocenters. The SMILES string of the molecule is CCCn1cncc1CSc1nnc(CN)n1CC. The number of nitrogens with two attached hydrogens (primary N) is 1. The first kappa shape index (κ1) is 14.1. The molecule has 0 saturated carbocycles. The molecule has 0 unspecified atom stereocenters. The molecule has 104 valence electrons. The highest BCUT2D eigenvalue weighted by atomic mass is 32.2. The molecule has 0 bridgehead atoms. The van der Waals surface area contributed by atoms with Gasteiger partial charge in [0.1, 0.15) is 5.82 Å². The molecular weight excluding hydrogens is 260 g/mol. The monoisotopic (exact) mass is 280 g/mol. The summed E-state index contributed by atoms with van der Waals surface area (Å²) in [6, 6.07) is 0. The summed E-state index contributed by atoms with van der Waals surface area (Å²) >= 11 is 1.68. The zero-order valence-electron chi connectivity index (χ0n) is 11.4. The molecule has 2 rings (SSSR count). The maximum atomic E-state index is 5.65. The van der Waals surface area contributed by atoms with Gasteiger partial charge in [-0.3, -0.25) is 0 Å². The van der Waals surface area contributed by atoms with Gasteiger partial charge in [-0.15, -0.1) is 10.2 Å². The third-order valence-corrected chi connectivity index (χ3v) is 3.90. The van der Waals surface area contributed by atoms with Gasteiger partial charge in [-0.1, -0.05) is 18.7 Å². The first-order valence-electron chi connectivity index (χ1n) is 6.54. The van der Waals surface area contributed by atoms with E-state index in [0.717, 1.165) is 36.2 Å². The van der Waals surface area contributed by atoms with Gasteiger partial charge < -0.3 is 14.9 Å². The van der Waals surface area contributed by atoms with Crippen LogP contribution < -0.4 is 5.73 Å². The molecule has 2 aromatic heterocycles. The predicted molar refractivity (Wildman–Crippen MR) is 75.7 cm³/mol. The number of nitrogens with zero attached hydrogens (tertiary/aromatic N) is 5. The fraction of sp³-hybridized carbons (Fsp3) is 0.583. The minimum absolute atomic E-state index is 0.426. The summed E-state index contributed by atoms with van der Waals surface area (Å²) < 4.78 is 4.24. The molecule has 0 spiro atoms. The van der Waals surface area contributed by atoms with E-state index in [0.29, 0.717) is 6.54 Å². The average Bonchev–Trinajstić information content (AvgIpc) is 3.02. The van der Waals surface area contributed by atoms with Crippen LogP contribution in [0, 0.1) is 0 Å². The van der Waals surface area contributed by atoms with Crippen LogP contribution in [0.25, 0.3) is 0 Å². The molecule has 2 heterocycles. The van der Waals surface area contributed by atoms with Gasteiger partial charge in [-0.2, -0.15) is 0 Å². The van der Waals surface area contributed by atoms with Crippen molar-refractivity contribution in [3.63, 3.8) is 0 Å². The molecular formula is C12H20N6S. The fourth-order valence-corrected chi connectivity index (χ4v) is 2.95. The second-order valence-corrected chi connectivity index (χ2v) is 5.16. The van der Waals surface area contributed by atoms with Crippen LogP contribution in [0.2, 0.25) is 0 Å². The molecule has 0 aliphatic rings. The third kappa shape index (κ3) is 3.16. The lowest BCUT2D eigenvalue weighted by Gasteiger charge is -2.07. The Balaban J connectivity index is 2.06. The van der Waals surface area contributed by atoms with Crippen LogP contribution in [0.15, 0.2) is 17.7 Å². The highest BCUT2D eigenvalue weighted by Crippen LogP contribution is 2.21. The number of hydrogen-bond acceptors (Lipinski definition) is 5. The van der Waals surface area contributed by atoms with Gasteiger partial charge in [0.25, 0.3) is 0 Å². The molecule has 0 amide bonds. The Labute approximate surface area is 117 Å². The molecule has 0 aromatic carbocycles. The minimum Gasteiger partial charge on any atom is -0.334 e. The maximum Gasteiger partial charge on any atom is 0.191 e. The van der Waals surface area contributed by atoms with Crippen LogP contribution in [0.5, 0.6) is 0 Å². The van der Waals surface area contributed by atoms with Crippen molar-refractivity contribution < 1.29 is 0 Å². The highest BCUT2D eigenvalue weighted by molar-refractivity contribution is 7.98. The van der Waals surface area contributed by atoms with Gasteiger partial charge in [-0.25, -0.2) is 4.98 Å². The Bertz CT molecular complexity index is 518. The van der Waals surface area contributed by atoms with Crippen LogP contribution in [0.3, 0.4) is 0 Å². The van der Waals surface area contributed by atoms with Gasteiger partial charge in [-0.05, 0) is 13.3 Å². The van der Waals surface area contributed by atoms with Crippen molar-refractivity contribution in [2.45, 2.75) is 50.8 Å². The van der Waals surface area contributed by atoms with E-state index in [4.69, 9.17) is 5.73 Å². The number of imidazole rings is 1. The molecule has 0 aliphatic carbocycles. The van der Waals surface area contributed by atoms with Crippen LogP contribution in [-0.2, 0) is 25.4 Å². The van der Waals surface area contributed by atoms with Crippen molar-refractivity contribution in [3.8, 4) is 0 Å². The summed E-state index contributed by atoms with van der Waals surface area (Å²) in [5, 5.41) is 9.23. The lowest BCUT2D eigenvalue weighted by atomic mass is 10.4. The average molecular weight is 280 g/mol. The van der Waals surface area contributed by atoms with Gasteiger partial charge >= 0.3 is 0 Å². The summed E-state index contributed by atoms with van der Waals surface area (Å²) in [5.74, 6) is 1.69. The number of hydrogen-bond donors (Lipinski definition) is 1. The second-order valence-electron chi connectivity index (χ2n) is 4.21. The first-order valence-corrected chi connectivity index (χ1v) is 7.52. The van der Waals surface area contributed by atoms with Crippen LogP contribution in [0.4, 0.5) is 0 Å². The predicted octanol–water partition coefficient (Wildman–Crippen LogP) is 1.66. The van der Waals surface area contributed by atoms with E-state index in [9.17, 15) is 0 Å². The van der Waals surface area contributed by atoms with Crippen LogP contribution in [0.1, 0.15) is 31.8 Å². The largest absolute Gasteiger partial charge is 0.334 e. The summed E-state index contributed by atoms with van der Waals surface area (Å²) in [7, 11) is 0. The van der Waals surface area contributed by atoms with E-state index in [1.54, 1.807) is 11.8 Å². The molecule has 0 radical (unpaired) electrons. The molecule has 2 N–H and O–H groups in total. The van der Waals surface area contributed by atoms with E-state index < -0.39 is 0 Å². The molecule has 19 heavy (non-hydrogen) atoms. The fourth-order valence-electron chi connectivity index (χ4n) is 1.94. The standard InChI is InChI=1S/C12H20N6S/c1-3-5-17-9-14-7-10(17)8-19-12-16-15-11(6-13)18(12)4-2/h7,9H,3-6,8,13H2,1-2H3. The molecule has 7 heteroatoms. The lowest BCUT2D eigenvalue weighted by molar-refractivity contribution is 0.641. The lowest BCUT2D eigenvalue weighted by Crippen LogP contribution is -2.08. The number of aromatic nitrogens is 5. The summed E-state index contributed by atoms with van der Waals surface area (Å²) in [4.78, 5) is 4.20. The minimum atomic E-state index is 0.426. The highest BCUT2D eigenvalue weighted by Gasteiger charge is 2.11. The summed E-state index contributed by atoms with van der Waals surface area (Å²) in [6.45, 7) is 6.52. The molecule has 2 aromatic rings. The van der Waals surface area contributed by atoms with Crippen molar-refractivity contribution in [2.75, 3.05) is 0 Å². The van der Waals surface area contributed by atoms with Crippen LogP contribution in [-0.4, -0.2) is 24.3 Å². The maximum absolute atomic E-state index is 5.65. The molecule has 0 fully saturated rings. The zero-order chi connectivity index (χ0) is 13.7. The van der Waals surface area contributed by atoms with E-state index in [2.05, 4.69) is 38.2 Å². The van der Waals surface area contributed by atoms with Gasteiger partial charge in [0.15, 0.2) is 5.16 Å². The Morgan fingerprint density at radius 2 is 2.16 bits per heavy atom. The third-order valence-electron chi connectivity index (χ3n) is 2.90. The molecule has 0 saturated heterocycles. The summed E-state index contributed by atoms with van der Waals surface area (Å²) in [5.41, 5.74) is 6.86. The van der Waals surface area contributed by atoms with E-state index >= 15 is 0 Å². The van der Waals surface area contributed by atoms with E-state index in [-0.39, 0.29) is 0 Å². The Kier molecular flexibility index (Phi) is 4.98. The van der Waals surface area contributed by atoms with Gasteiger partial charge in [0.2, 0.25) is 0 Å². The smallest absolute Gasteiger partial charge is 0.191 e. The van der Waals surface area contributed by atoms with Crippen LogP contribution >= 0.6 is 11.8 Å². The topological polar surface area (TPSA) is 74.6 Å². The number of rotatable bonds is 7. The Hall–Kier alpha value is -1.34. The Morgan fingerprint density at radius 1 is 1.32 bits per heavy atom. The Morgan fingerprint density at radius 3 is 2.84 bits per heavy atom. The quantitative estimate of drug-likeness (QED) is 0.781. The molecule has 6 nitrogen and oxygen atoms in total. The summed E-state index contributed by atoms with van der Waals surface area (Å²) in [6.07, 6.45) is 4.91. The molecule has 0 aliphatic heterocycles. The zero-order valence-corrected chi connectivity index (χ0v) is 12.2. The second kappa shape index (κ2) is 6.72. The van der Waals surface area contributed by atoms with Crippen molar-refractivity contribution >= 4 is 11.8 Å². The van der Waals surface area contributed by atoms with Crippen molar-refractivity contribution in [3.05, 3.63) is 24.0 Å². The van der Waals surface area contributed by atoms with Gasteiger partial charge in [0.05, 0.1) is 12.9 Å². The normalized spacial score (nSPS) is 11.1. The van der Waals surface area contributed by atoms with Crippen molar-refractivity contribution in [2.24, 2.45) is 5.73 Å². The van der Waals surface area contributed by atoms with Gasteiger partial charge in [0, 0.05) is 30.7 Å². The number of thioether (sulfide) groups is 1. The first-order chi connectivity index (χ1) is 9.30. The van der Waals surface area contributed by atoms with E-state index in [1.807, 2.05) is 12.5 Å².